The molecule has 0 radical (unpaired) electrons. The molecule has 1 aromatic carbocycles. The summed E-state index contributed by atoms with van der Waals surface area (Å²) in [6.45, 7) is 18.5. The molecule has 8 nitrogen and oxygen atoms in total. The van der Waals surface area contributed by atoms with Crippen LogP contribution in [-0.4, -0.2) is 58.7 Å². The highest BCUT2D eigenvalue weighted by Gasteiger charge is 2.26. The van der Waals surface area contributed by atoms with Crippen LogP contribution in [0.4, 0.5) is 25.4 Å². The molecule has 2 N–H and O–H groups in total. The van der Waals surface area contributed by atoms with Crippen LogP contribution in [0.3, 0.4) is 0 Å². The molecule has 1 fully saturated rings. The summed E-state index contributed by atoms with van der Waals surface area (Å²) in [5.74, 6) is -0.513. The Hall–Kier alpha value is -3.20. The van der Waals surface area contributed by atoms with E-state index in [1.54, 1.807) is 35.4 Å². The molecule has 0 saturated carbocycles. The molecule has 0 bridgehead atoms. The van der Waals surface area contributed by atoms with Gasteiger partial charge in [0.15, 0.2) is 0 Å². The summed E-state index contributed by atoms with van der Waals surface area (Å²) < 4.78 is 19.7. The van der Waals surface area contributed by atoms with Crippen molar-refractivity contribution in [3.63, 3.8) is 0 Å². The number of benzene rings is 1. The smallest absolute Gasteiger partial charge is 0.410 e. The van der Waals surface area contributed by atoms with E-state index in [1.165, 1.54) is 6.07 Å². The third kappa shape index (κ3) is 10.6. The molecule has 0 unspecified atom stereocenters. The van der Waals surface area contributed by atoms with Gasteiger partial charge >= 0.3 is 12.1 Å². The van der Waals surface area contributed by atoms with Crippen molar-refractivity contribution in [1.29, 1.82) is 0 Å². The zero-order valence-electron chi connectivity index (χ0n) is 22.9. The number of ether oxygens (including phenoxy) is 1. The van der Waals surface area contributed by atoms with E-state index in [0.717, 1.165) is 11.3 Å². The molecule has 9 heteroatoms. The van der Waals surface area contributed by atoms with E-state index in [2.05, 4.69) is 20.5 Å². The van der Waals surface area contributed by atoms with Crippen molar-refractivity contribution in [2.24, 2.45) is 0 Å². The van der Waals surface area contributed by atoms with E-state index in [-0.39, 0.29) is 11.8 Å². The quantitative estimate of drug-likeness (QED) is 0.513. The molecule has 1 aliphatic rings. The highest BCUT2D eigenvalue weighted by atomic mass is 19.1. The molecular weight excluding hydrogens is 461 g/mol. The van der Waals surface area contributed by atoms with Gasteiger partial charge in [-0.15, -0.1) is 0 Å². The second kappa shape index (κ2) is 15.0. The summed E-state index contributed by atoms with van der Waals surface area (Å²) in [5, 5.41) is 5.19. The first kappa shape index (κ1) is 30.8. The maximum absolute atomic E-state index is 14.2. The Labute approximate surface area is 215 Å². The van der Waals surface area contributed by atoms with Gasteiger partial charge in [0.2, 0.25) is 0 Å². The SMILES string of the molecule is CC.CC.Cc1ccc(NC(=O)Nc2cc(CN3CCN(C(=O)OC(C)(C)C)CC3)ccc2F)cn1. The molecule has 0 atom stereocenters. The number of nitrogens with zero attached hydrogens (tertiary/aromatic N) is 3. The summed E-state index contributed by atoms with van der Waals surface area (Å²) in [6, 6.07) is 7.63. The van der Waals surface area contributed by atoms with Crippen LogP contribution in [-0.2, 0) is 11.3 Å². The molecular formula is C27H42FN5O3. The fourth-order valence-corrected chi connectivity index (χ4v) is 3.27. The number of amides is 3. The average molecular weight is 504 g/mol. The van der Waals surface area contributed by atoms with Crippen molar-refractivity contribution < 1.29 is 18.7 Å². The topological polar surface area (TPSA) is 86.8 Å². The summed E-state index contributed by atoms with van der Waals surface area (Å²) in [5.41, 5.74) is 1.81. The Kier molecular flexibility index (Phi) is 12.9. The van der Waals surface area contributed by atoms with Gasteiger partial charge in [0, 0.05) is 38.4 Å². The van der Waals surface area contributed by atoms with Gasteiger partial charge in [-0.1, -0.05) is 33.8 Å². The second-order valence-corrected chi connectivity index (χ2v) is 8.83. The van der Waals surface area contributed by atoms with Crippen molar-refractivity contribution in [3.8, 4) is 0 Å². The number of hydrogen-bond acceptors (Lipinski definition) is 5. The lowest BCUT2D eigenvalue weighted by molar-refractivity contribution is 0.0139. The predicted octanol–water partition coefficient (Wildman–Crippen LogP) is 6.28. The predicted molar refractivity (Wildman–Crippen MR) is 144 cm³/mol. The minimum Gasteiger partial charge on any atom is -0.444 e. The first-order chi connectivity index (χ1) is 17.1. The molecule has 3 rings (SSSR count). The number of carbonyl (C=O) groups excluding carboxylic acids is 2. The van der Waals surface area contributed by atoms with Gasteiger partial charge < -0.3 is 20.3 Å². The molecule has 200 valence electrons. The lowest BCUT2D eigenvalue weighted by atomic mass is 10.1. The highest BCUT2D eigenvalue weighted by molar-refractivity contribution is 5.99. The van der Waals surface area contributed by atoms with Crippen LogP contribution in [0.25, 0.3) is 0 Å². The first-order valence-corrected chi connectivity index (χ1v) is 12.6. The van der Waals surface area contributed by atoms with E-state index in [0.29, 0.717) is 38.4 Å². The van der Waals surface area contributed by atoms with E-state index in [9.17, 15) is 14.0 Å². The van der Waals surface area contributed by atoms with Crippen LogP contribution in [0.1, 0.15) is 59.7 Å². The molecule has 1 aromatic heterocycles. The third-order valence-corrected chi connectivity index (χ3v) is 4.88. The number of piperazine rings is 1. The Balaban J connectivity index is 0.00000154. The molecule has 36 heavy (non-hydrogen) atoms. The van der Waals surface area contributed by atoms with Crippen LogP contribution in [0.15, 0.2) is 36.5 Å². The van der Waals surface area contributed by atoms with E-state index in [4.69, 9.17) is 4.74 Å². The van der Waals surface area contributed by atoms with Crippen molar-refractivity contribution in [3.05, 3.63) is 53.6 Å². The van der Waals surface area contributed by atoms with Gasteiger partial charge in [-0.05, 0) is 57.5 Å². The van der Waals surface area contributed by atoms with Gasteiger partial charge in [-0.3, -0.25) is 9.88 Å². The number of anilines is 2. The lowest BCUT2D eigenvalue weighted by Crippen LogP contribution is -2.49. The van der Waals surface area contributed by atoms with Crippen molar-refractivity contribution >= 4 is 23.5 Å². The van der Waals surface area contributed by atoms with Crippen LogP contribution >= 0.6 is 0 Å². The zero-order valence-corrected chi connectivity index (χ0v) is 22.9. The molecule has 0 spiro atoms. The number of aryl methyl sites for hydroxylation is 1. The average Bonchev–Trinajstić information content (AvgIpc) is 2.84. The highest BCUT2D eigenvalue weighted by Crippen LogP contribution is 2.19. The molecule has 1 aliphatic heterocycles. The molecule has 0 aliphatic carbocycles. The standard InChI is InChI=1S/C23H30FN5O3.2C2H6/c1-16-5-7-18(14-25-16)26-21(30)27-20-13-17(6-8-19(20)24)15-28-9-11-29(12-10-28)22(31)32-23(2,3)4;2*1-2/h5-8,13-14H,9-12,15H2,1-4H3,(H2,26,27,30);2*1-2H3. The van der Waals surface area contributed by atoms with Crippen LogP contribution < -0.4 is 10.6 Å². The van der Waals surface area contributed by atoms with Crippen LogP contribution in [0.5, 0.6) is 0 Å². The summed E-state index contributed by atoms with van der Waals surface area (Å²) in [7, 11) is 0. The zero-order chi connectivity index (χ0) is 27.3. The minimum absolute atomic E-state index is 0.104. The number of nitrogens with one attached hydrogen (secondary N) is 2. The summed E-state index contributed by atoms with van der Waals surface area (Å²) in [4.78, 5) is 32.4. The van der Waals surface area contributed by atoms with Gasteiger partial charge in [0.1, 0.15) is 11.4 Å². The second-order valence-electron chi connectivity index (χ2n) is 8.83. The Morgan fingerprint density at radius 1 is 1.00 bits per heavy atom. The monoisotopic (exact) mass is 503 g/mol. The molecule has 1 saturated heterocycles. The maximum Gasteiger partial charge on any atom is 0.410 e. The number of halogens is 1. The Morgan fingerprint density at radius 3 is 2.19 bits per heavy atom. The third-order valence-electron chi connectivity index (χ3n) is 4.88. The Morgan fingerprint density at radius 2 is 1.64 bits per heavy atom. The summed E-state index contributed by atoms with van der Waals surface area (Å²) >= 11 is 0. The number of carbonyl (C=O) groups is 2. The lowest BCUT2D eigenvalue weighted by Gasteiger charge is -2.35. The summed E-state index contributed by atoms with van der Waals surface area (Å²) in [6.07, 6.45) is 1.23. The van der Waals surface area contributed by atoms with Gasteiger partial charge in [-0.25, -0.2) is 14.0 Å². The Bertz CT molecular complexity index is 953. The van der Waals surface area contributed by atoms with Gasteiger partial charge in [0.25, 0.3) is 0 Å². The van der Waals surface area contributed by atoms with Crippen molar-refractivity contribution in [2.75, 3.05) is 36.8 Å². The van der Waals surface area contributed by atoms with Crippen molar-refractivity contribution in [1.82, 2.24) is 14.8 Å². The number of urea groups is 1. The first-order valence-electron chi connectivity index (χ1n) is 12.6. The van der Waals surface area contributed by atoms with E-state index < -0.39 is 17.4 Å². The number of hydrogen-bond donors (Lipinski definition) is 2. The fraction of sp³-hybridized carbons (Fsp3) is 0.519. The number of pyridine rings is 1. The number of rotatable bonds is 4. The molecule has 3 amide bonds. The normalized spacial score (nSPS) is 13.4. The molecule has 2 aromatic rings. The van der Waals surface area contributed by atoms with Crippen LogP contribution in [0, 0.1) is 12.7 Å². The van der Waals surface area contributed by atoms with Crippen LogP contribution in [0.2, 0.25) is 0 Å². The maximum atomic E-state index is 14.2. The van der Waals surface area contributed by atoms with E-state index >= 15 is 0 Å². The van der Waals surface area contributed by atoms with Crippen molar-refractivity contribution in [2.45, 2.75) is 67.5 Å². The largest absolute Gasteiger partial charge is 0.444 e. The van der Waals surface area contributed by atoms with E-state index in [1.807, 2.05) is 55.4 Å². The van der Waals surface area contributed by atoms with Gasteiger partial charge in [-0.2, -0.15) is 0 Å². The minimum atomic E-state index is -0.544. The number of aromatic nitrogens is 1. The fourth-order valence-electron chi connectivity index (χ4n) is 3.27. The molecule has 2 heterocycles. The van der Waals surface area contributed by atoms with Gasteiger partial charge in [0.05, 0.1) is 17.6 Å².